The lowest BCUT2D eigenvalue weighted by Gasteiger charge is -2.23. The number of nitrogens with one attached hydrogen (secondary N) is 1. The van der Waals surface area contributed by atoms with Crippen LogP contribution in [0.2, 0.25) is 0 Å². The zero-order valence-corrected chi connectivity index (χ0v) is 13.6. The van der Waals surface area contributed by atoms with Gasteiger partial charge in [-0.15, -0.1) is 0 Å². The molecule has 1 aliphatic heterocycles. The molecule has 0 radical (unpaired) electrons. The second-order valence-electron chi connectivity index (χ2n) is 7.61. The molecule has 21 heavy (non-hydrogen) atoms. The van der Waals surface area contributed by atoms with Crippen molar-refractivity contribution in [1.29, 1.82) is 0 Å². The van der Waals surface area contributed by atoms with Crippen molar-refractivity contribution in [3.8, 4) is 0 Å². The monoisotopic (exact) mass is 287 g/mol. The van der Waals surface area contributed by atoms with E-state index in [1.54, 1.807) is 0 Å². The van der Waals surface area contributed by atoms with Crippen LogP contribution in [0.25, 0.3) is 0 Å². The highest BCUT2D eigenvalue weighted by Gasteiger charge is 2.23. The molecule has 3 nitrogen and oxygen atoms in total. The van der Waals surface area contributed by atoms with E-state index in [4.69, 9.17) is 0 Å². The van der Waals surface area contributed by atoms with Crippen LogP contribution in [0.15, 0.2) is 18.3 Å². The third-order valence-corrected chi connectivity index (χ3v) is 4.88. The number of rotatable bonds is 5. The predicted molar refractivity (Wildman–Crippen MR) is 87.0 cm³/mol. The third kappa shape index (κ3) is 4.79. The summed E-state index contributed by atoms with van der Waals surface area (Å²) in [6.07, 6.45) is 8.70. The van der Waals surface area contributed by atoms with Gasteiger partial charge in [0.15, 0.2) is 0 Å². The van der Waals surface area contributed by atoms with Crippen LogP contribution in [-0.4, -0.2) is 29.0 Å². The zero-order valence-electron chi connectivity index (χ0n) is 13.6. The van der Waals surface area contributed by atoms with Crippen molar-refractivity contribution in [2.75, 3.05) is 13.1 Å². The first-order valence-corrected chi connectivity index (χ1v) is 8.50. The van der Waals surface area contributed by atoms with Gasteiger partial charge in [-0.1, -0.05) is 19.9 Å². The fourth-order valence-corrected chi connectivity index (χ4v) is 3.07. The van der Waals surface area contributed by atoms with Crippen LogP contribution in [0.5, 0.6) is 0 Å². The van der Waals surface area contributed by atoms with E-state index in [0.717, 1.165) is 19.1 Å². The Kier molecular flexibility index (Phi) is 4.60. The van der Waals surface area contributed by atoms with Gasteiger partial charge in [-0.2, -0.15) is 0 Å². The van der Waals surface area contributed by atoms with Crippen molar-refractivity contribution >= 4 is 0 Å². The second-order valence-corrected chi connectivity index (χ2v) is 7.61. The molecule has 2 fully saturated rings. The Bertz CT molecular complexity index is 448. The Morgan fingerprint density at radius 3 is 2.81 bits per heavy atom. The maximum absolute atomic E-state index is 4.66. The summed E-state index contributed by atoms with van der Waals surface area (Å²) in [7, 11) is 0. The van der Waals surface area contributed by atoms with Crippen LogP contribution in [0.3, 0.4) is 0 Å². The van der Waals surface area contributed by atoms with Crippen LogP contribution in [0, 0.1) is 5.41 Å². The molecule has 0 unspecified atom stereocenters. The number of aromatic nitrogens is 1. The molecule has 2 aliphatic rings. The van der Waals surface area contributed by atoms with Gasteiger partial charge in [-0.3, -0.25) is 9.88 Å². The topological polar surface area (TPSA) is 28.2 Å². The maximum Gasteiger partial charge on any atom is 0.0544 e. The van der Waals surface area contributed by atoms with Gasteiger partial charge in [-0.25, -0.2) is 0 Å². The van der Waals surface area contributed by atoms with E-state index in [1.807, 2.05) is 6.20 Å². The molecule has 1 saturated heterocycles. The number of nitrogens with zero attached hydrogens (tertiary/aromatic N) is 2. The molecule has 3 rings (SSSR count). The molecular weight excluding hydrogens is 258 g/mol. The lowest BCUT2D eigenvalue weighted by molar-refractivity contribution is 0.253. The van der Waals surface area contributed by atoms with Gasteiger partial charge in [-0.05, 0) is 62.2 Å². The van der Waals surface area contributed by atoms with Gasteiger partial charge < -0.3 is 5.32 Å². The van der Waals surface area contributed by atoms with Crippen LogP contribution in [-0.2, 0) is 13.1 Å². The minimum absolute atomic E-state index is 0.514. The van der Waals surface area contributed by atoms with E-state index in [9.17, 15) is 0 Å². The summed E-state index contributed by atoms with van der Waals surface area (Å²) in [5.74, 6) is 0. The van der Waals surface area contributed by atoms with Gasteiger partial charge in [0.25, 0.3) is 0 Å². The molecule has 116 valence electrons. The fourth-order valence-electron chi connectivity index (χ4n) is 3.07. The Labute approximate surface area is 129 Å². The third-order valence-electron chi connectivity index (χ3n) is 4.88. The van der Waals surface area contributed by atoms with E-state index in [1.165, 1.54) is 56.5 Å². The molecule has 3 heteroatoms. The average Bonchev–Trinajstić information content (AvgIpc) is 3.28. The van der Waals surface area contributed by atoms with Crippen molar-refractivity contribution in [1.82, 2.24) is 15.2 Å². The van der Waals surface area contributed by atoms with Crippen molar-refractivity contribution in [3.63, 3.8) is 0 Å². The minimum Gasteiger partial charge on any atom is -0.310 e. The highest BCUT2D eigenvalue weighted by atomic mass is 15.1. The fraction of sp³-hybridized carbons (Fsp3) is 0.722. The molecule has 0 aromatic carbocycles. The largest absolute Gasteiger partial charge is 0.310 e. The van der Waals surface area contributed by atoms with Gasteiger partial charge in [0, 0.05) is 25.3 Å². The Morgan fingerprint density at radius 1 is 1.24 bits per heavy atom. The summed E-state index contributed by atoms with van der Waals surface area (Å²) in [6, 6.07) is 5.21. The lowest BCUT2D eigenvalue weighted by atomic mass is 9.85. The number of likely N-dealkylation sites (tertiary alicyclic amines) is 1. The summed E-state index contributed by atoms with van der Waals surface area (Å²) in [4.78, 5) is 7.23. The summed E-state index contributed by atoms with van der Waals surface area (Å²) < 4.78 is 0. The van der Waals surface area contributed by atoms with E-state index in [-0.39, 0.29) is 0 Å². The summed E-state index contributed by atoms with van der Waals surface area (Å²) in [5, 5.41) is 3.54. The van der Waals surface area contributed by atoms with Gasteiger partial charge >= 0.3 is 0 Å². The molecule has 1 saturated carbocycles. The Morgan fingerprint density at radius 2 is 2.10 bits per heavy atom. The van der Waals surface area contributed by atoms with Crippen LogP contribution in [0.4, 0.5) is 0 Å². The lowest BCUT2D eigenvalue weighted by Crippen LogP contribution is -2.25. The Balaban J connectivity index is 1.49. The number of hydrogen-bond donors (Lipinski definition) is 1. The van der Waals surface area contributed by atoms with E-state index >= 15 is 0 Å². The SMILES string of the molecule is CC1(C)CCCN(Cc2ccc(CNC3CC3)cn2)CC1. The summed E-state index contributed by atoms with van der Waals surface area (Å²) >= 11 is 0. The van der Waals surface area contributed by atoms with Crippen LogP contribution < -0.4 is 5.32 Å². The summed E-state index contributed by atoms with van der Waals surface area (Å²) in [6.45, 7) is 9.20. The van der Waals surface area contributed by atoms with Crippen molar-refractivity contribution in [2.24, 2.45) is 5.41 Å². The number of hydrogen-bond acceptors (Lipinski definition) is 3. The molecule has 2 heterocycles. The van der Waals surface area contributed by atoms with Gasteiger partial charge in [0.1, 0.15) is 0 Å². The zero-order chi connectivity index (χ0) is 14.7. The van der Waals surface area contributed by atoms with Crippen molar-refractivity contribution in [3.05, 3.63) is 29.6 Å². The van der Waals surface area contributed by atoms with Crippen molar-refractivity contribution in [2.45, 2.75) is 65.1 Å². The van der Waals surface area contributed by atoms with Crippen molar-refractivity contribution < 1.29 is 0 Å². The molecule has 1 aromatic rings. The smallest absolute Gasteiger partial charge is 0.0544 e. The standard InChI is InChI=1S/C18H29N3/c1-18(2)8-3-10-21(11-9-18)14-17-5-4-15(13-20-17)12-19-16-6-7-16/h4-5,13,16,19H,3,6-12,14H2,1-2H3. The van der Waals surface area contributed by atoms with E-state index in [0.29, 0.717) is 5.41 Å². The number of pyridine rings is 1. The first-order valence-electron chi connectivity index (χ1n) is 8.50. The molecule has 0 amide bonds. The van der Waals surface area contributed by atoms with E-state index < -0.39 is 0 Å². The molecule has 1 aliphatic carbocycles. The van der Waals surface area contributed by atoms with Gasteiger partial charge in [0.05, 0.1) is 5.69 Å². The highest BCUT2D eigenvalue weighted by Crippen LogP contribution is 2.30. The predicted octanol–water partition coefficient (Wildman–Crippen LogP) is 3.35. The molecule has 0 atom stereocenters. The normalized spacial score (nSPS) is 23.0. The van der Waals surface area contributed by atoms with Crippen LogP contribution >= 0.6 is 0 Å². The summed E-state index contributed by atoms with van der Waals surface area (Å²) in [5.41, 5.74) is 3.04. The molecule has 0 spiro atoms. The quantitative estimate of drug-likeness (QED) is 0.900. The first kappa shape index (κ1) is 15.0. The van der Waals surface area contributed by atoms with Gasteiger partial charge in [0.2, 0.25) is 0 Å². The molecular formula is C18H29N3. The highest BCUT2D eigenvalue weighted by molar-refractivity contribution is 5.14. The second kappa shape index (κ2) is 6.45. The first-order chi connectivity index (χ1) is 10.1. The van der Waals surface area contributed by atoms with E-state index in [2.05, 4.69) is 41.2 Å². The molecule has 1 aromatic heterocycles. The minimum atomic E-state index is 0.514. The molecule has 1 N–H and O–H groups in total. The Hall–Kier alpha value is -0.930. The van der Waals surface area contributed by atoms with Crippen LogP contribution in [0.1, 0.15) is 57.2 Å². The average molecular weight is 287 g/mol. The maximum atomic E-state index is 4.66. The molecule has 0 bridgehead atoms.